The van der Waals surface area contributed by atoms with Crippen molar-refractivity contribution in [3.05, 3.63) is 34.3 Å². The molecule has 64 valence electrons. The van der Waals surface area contributed by atoms with E-state index in [4.69, 9.17) is 11.6 Å². The smallest absolute Gasteiger partial charge is 0.0544 e. The fraction of sp³-hybridized carbons (Fsp3) is 0.333. The first-order valence-electron chi connectivity index (χ1n) is 3.94. The zero-order chi connectivity index (χ0) is 8.55. The Kier molecular flexibility index (Phi) is 2.03. The van der Waals surface area contributed by atoms with E-state index in [9.17, 15) is 4.48 Å². The van der Waals surface area contributed by atoms with Crippen molar-refractivity contribution in [3.63, 3.8) is 0 Å². The van der Waals surface area contributed by atoms with Crippen LogP contribution in [0.25, 0.3) is 0 Å². The molecule has 2 rings (SSSR count). The first kappa shape index (κ1) is 8.02. The van der Waals surface area contributed by atoms with Crippen molar-refractivity contribution in [2.45, 2.75) is 13.0 Å². The molecule has 0 saturated carbocycles. The third-order valence-corrected chi connectivity index (χ3v) is 2.37. The fourth-order valence-corrected chi connectivity index (χ4v) is 1.69. The van der Waals surface area contributed by atoms with Crippen molar-refractivity contribution >= 4 is 11.6 Å². The largest absolute Gasteiger partial charge is 0.142 e. The highest BCUT2D eigenvalue weighted by Crippen LogP contribution is 2.22. The maximum Gasteiger partial charge on any atom is 0.0544 e. The molecule has 3 heteroatoms. The number of fused-ring (bicyclic) bond motifs is 1. The van der Waals surface area contributed by atoms with Crippen LogP contribution in [0.2, 0.25) is 5.02 Å². The summed E-state index contributed by atoms with van der Waals surface area (Å²) in [5.74, 6) is 0. The van der Waals surface area contributed by atoms with Crippen LogP contribution in [0.3, 0.4) is 0 Å². The van der Waals surface area contributed by atoms with Gasteiger partial charge in [0, 0.05) is 11.6 Å². The molecule has 1 aromatic carbocycles. The molecule has 0 amide bonds. The number of hydrogen-bond acceptors (Lipinski definition) is 1. The van der Waals surface area contributed by atoms with Gasteiger partial charge in [-0.3, -0.25) is 0 Å². The molecule has 0 bridgehead atoms. The van der Waals surface area contributed by atoms with E-state index in [0.29, 0.717) is 18.1 Å². The van der Waals surface area contributed by atoms with Crippen molar-refractivity contribution < 1.29 is 4.48 Å². The number of rotatable bonds is 0. The van der Waals surface area contributed by atoms with E-state index in [2.05, 4.69) is 0 Å². The highest BCUT2D eigenvalue weighted by atomic mass is 35.5. The van der Waals surface area contributed by atoms with Crippen LogP contribution in [-0.2, 0) is 13.0 Å². The normalized spacial score (nSPS) is 17.5. The average molecular weight is 186 g/mol. The number of halogens is 2. The third-order valence-electron chi connectivity index (χ3n) is 2.13. The van der Waals surface area contributed by atoms with Gasteiger partial charge >= 0.3 is 0 Å². The highest BCUT2D eigenvalue weighted by Gasteiger charge is 2.15. The van der Waals surface area contributed by atoms with Crippen LogP contribution in [0.15, 0.2) is 18.2 Å². The zero-order valence-electron chi connectivity index (χ0n) is 6.56. The maximum absolute atomic E-state index is 12.8. The molecule has 1 aliphatic heterocycles. The van der Waals surface area contributed by atoms with E-state index in [-0.39, 0.29) is 0 Å². The molecule has 0 spiro atoms. The summed E-state index contributed by atoms with van der Waals surface area (Å²) >= 11 is 5.78. The minimum Gasteiger partial charge on any atom is -0.142 e. The Morgan fingerprint density at radius 1 is 1.33 bits per heavy atom. The highest BCUT2D eigenvalue weighted by molar-refractivity contribution is 6.30. The Morgan fingerprint density at radius 2 is 2.17 bits per heavy atom. The Balaban J connectivity index is 2.37. The van der Waals surface area contributed by atoms with Crippen LogP contribution in [0.4, 0.5) is 4.48 Å². The molecule has 0 N–H and O–H groups in total. The van der Waals surface area contributed by atoms with Crippen molar-refractivity contribution in [1.29, 1.82) is 0 Å². The van der Waals surface area contributed by atoms with E-state index in [0.717, 1.165) is 17.1 Å². The molecule has 1 aliphatic rings. The van der Waals surface area contributed by atoms with E-state index in [1.165, 1.54) is 5.56 Å². The van der Waals surface area contributed by atoms with E-state index in [1.54, 1.807) is 0 Å². The molecule has 0 atom stereocenters. The van der Waals surface area contributed by atoms with Crippen molar-refractivity contribution in [2.24, 2.45) is 0 Å². The number of benzene rings is 1. The molecule has 1 heterocycles. The topological polar surface area (TPSA) is 3.24 Å². The molecule has 0 saturated heterocycles. The molecule has 0 fully saturated rings. The maximum atomic E-state index is 12.8. The van der Waals surface area contributed by atoms with Crippen molar-refractivity contribution in [2.75, 3.05) is 6.54 Å². The van der Waals surface area contributed by atoms with Crippen molar-refractivity contribution in [3.8, 4) is 0 Å². The summed E-state index contributed by atoms with van der Waals surface area (Å²) in [6.07, 6.45) is 0.781. The molecule has 0 aromatic heterocycles. The molecular formula is C9H9ClFN. The summed E-state index contributed by atoms with van der Waals surface area (Å²) in [5.41, 5.74) is 2.23. The summed E-state index contributed by atoms with van der Waals surface area (Å²) in [5, 5.41) is 1.50. The minimum absolute atomic E-state index is 0.371. The summed E-state index contributed by atoms with van der Waals surface area (Å²) in [4.78, 5) is 0. The molecular weight excluding hydrogens is 177 g/mol. The molecule has 0 aliphatic carbocycles. The minimum atomic E-state index is 0.371. The Bertz CT molecular complexity index is 301. The fourth-order valence-electron chi connectivity index (χ4n) is 1.49. The predicted molar refractivity (Wildman–Crippen MR) is 46.7 cm³/mol. The van der Waals surface area contributed by atoms with E-state index >= 15 is 0 Å². The van der Waals surface area contributed by atoms with Gasteiger partial charge in [0.05, 0.1) is 6.54 Å². The molecule has 0 radical (unpaired) electrons. The molecule has 1 nitrogen and oxygen atoms in total. The molecule has 1 aromatic rings. The standard InChI is InChI=1S/C9H9ClFN/c10-9-2-1-7-3-4-12(11)6-8(7)5-9/h1-2,5H,3-4,6H2. The van der Waals surface area contributed by atoms with Crippen LogP contribution >= 0.6 is 11.6 Å². The average Bonchev–Trinajstić information content (AvgIpc) is 2.03. The Labute approximate surface area is 75.7 Å². The van der Waals surface area contributed by atoms with Gasteiger partial charge in [-0.15, -0.1) is 9.60 Å². The SMILES string of the molecule is FN1CCc2ccc(Cl)cc2C1. The second kappa shape index (κ2) is 3.04. The first-order valence-corrected chi connectivity index (χ1v) is 4.31. The van der Waals surface area contributed by atoms with Gasteiger partial charge in [-0.2, -0.15) is 0 Å². The second-order valence-electron chi connectivity index (χ2n) is 3.01. The van der Waals surface area contributed by atoms with Crippen molar-refractivity contribution in [1.82, 2.24) is 5.12 Å². The summed E-state index contributed by atoms with van der Waals surface area (Å²) in [6.45, 7) is 0.866. The van der Waals surface area contributed by atoms with Gasteiger partial charge in [0.1, 0.15) is 0 Å². The second-order valence-corrected chi connectivity index (χ2v) is 3.44. The molecule has 12 heavy (non-hydrogen) atoms. The number of nitrogens with zero attached hydrogens (tertiary/aromatic N) is 1. The lowest BCUT2D eigenvalue weighted by molar-refractivity contribution is 0.0104. The van der Waals surface area contributed by atoms with Gasteiger partial charge in [-0.25, -0.2) is 0 Å². The lowest BCUT2D eigenvalue weighted by Crippen LogP contribution is -2.22. The van der Waals surface area contributed by atoms with Crippen LogP contribution in [0, 0.1) is 0 Å². The van der Waals surface area contributed by atoms with Crippen LogP contribution < -0.4 is 0 Å². The first-order chi connectivity index (χ1) is 5.75. The van der Waals surface area contributed by atoms with Gasteiger partial charge in [0.25, 0.3) is 0 Å². The zero-order valence-corrected chi connectivity index (χ0v) is 7.31. The van der Waals surface area contributed by atoms with E-state index < -0.39 is 0 Å². The summed E-state index contributed by atoms with van der Waals surface area (Å²) in [6, 6.07) is 5.67. The van der Waals surface area contributed by atoms with Crippen LogP contribution in [0.5, 0.6) is 0 Å². The summed E-state index contributed by atoms with van der Waals surface area (Å²) in [7, 11) is 0. The third kappa shape index (κ3) is 1.45. The molecule has 0 unspecified atom stereocenters. The Morgan fingerprint density at radius 3 is 3.00 bits per heavy atom. The van der Waals surface area contributed by atoms with Gasteiger partial charge in [0.2, 0.25) is 0 Å². The summed E-state index contributed by atoms with van der Waals surface area (Å²) < 4.78 is 12.8. The van der Waals surface area contributed by atoms with Crippen LogP contribution in [0.1, 0.15) is 11.1 Å². The van der Waals surface area contributed by atoms with Gasteiger partial charge in [0.15, 0.2) is 0 Å². The number of hydrogen-bond donors (Lipinski definition) is 0. The van der Waals surface area contributed by atoms with Gasteiger partial charge < -0.3 is 0 Å². The quantitative estimate of drug-likeness (QED) is 0.562. The van der Waals surface area contributed by atoms with Gasteiger partial charge in [-0.1, -0.05) is 17.7 Å². The van der Waals surface area contributed by atoms with Gasteiger partial charge in [-0.05, 0) is 29.7 Å². The van der Waals surface area contributed by atoms with E-state index in [1.807, 2.05) is 18.2 Å². The lowest BCUT2D eigenvalue weighted by atomic mass is 10.0. The van der Waals surface area contributed by atoms with Crippen LogP contribution in [-0.4, -0.2) is 11.7 Å². The predicted octanol–water partition coefficient (Wildman–Crippen LogP) is 2.58. The lowest BCUT2D eigenvalue weighted by Gasteiger charge is -2.20. The monoisotopic (exact) mass is 185 g/mol. The Hall–Kier alpha value is -0.600.